The minimum absolute atomic E-state index is 0.704. The Morgan fingerprint density at radius 2 is 0.506 bits per heavy atom. The van der Waals surface area contributed by atoms with Gasteiger partial charge in [-0.2, -0.15) is 0 Å². The summed E-state index contributed by atoms with van der Waals surface area (Å²) in [6.45, 7) is 0. The van der Waals surface area contributed by atoms with E-state index in [4.69, 9.17) is 0 Å². The fourth-order valence-corrected chi connectivity index (χ4v) is 13.0. The number of rotatable bonds is 12. The maximum absolute atomic E-state index is 2.54. The SMILES string of the molecule is C1=CC(/C(=C\c2ccc3c(c2)C2(c4cc(C=C(c5ccccc5)c5ccccc5)ccc4-3)c3cc(C=C(c4ccccc4)c4ccccc4)ccc3-c3ccc(/C=C(/C4=CCCC=C4)c4ccccc4)cc32)c2ccccc2)=CCC1. The summed E-state index contributed by atoms with van der Waals surface area (Å²) >= 11 is 0. The molecule has 1 atom stereocenters. The van der Waals surface area contributed by atoms with Crippen molar-refractivity contribution in [1.29, 1.82) is 0 Å². The normalized spacial score (nSPS) is 15.7. The van der Waals surface area contributed by atoms with E-state index in [0.717, 1.165) is 36.8 Å². The molecule has 0 saturated heterocycles. The number of allylic oxidation sites excluding steroid dienone is 10. The number of benzene rings is 10. The van der Waals surface area contributed by atoms with Crippen LogP contribution in [-0.2, 0) is 5.41 Å². The van der Waals surface area contributed by atoms with Crippen molar-refractivity contribution in [2.75, 3.05) is 0 Å². The van der Waals surface area contributed by atoms with Gasteiger partial charge in [0.1, 0.15) is 0 Å². The van der Waals surface area contributed by atoms with Crippen molar-refractivity contribution in [1.82, 2.24) is 0 Å². The van der Waals surface area contributed by atoms with Crippen molar-refractivity contribution >= 4 is 46.6 Å². The maximum atomic E-state index is 2.54. The van der Waals surface area contributed by atoms with Gasteiger partial charge in [-0.25, -0.2) is 0 Å². The zero-order valence-corrected chi connectivity index (χ0v) is 45.4. The average Bonchev–Trinajstić information content (AvgIpc) is 2.98. The highest BCUT2D eigenvalue weighted by Gasteiger charge is 2.52. The molecular formula is C81H60. The van der Waals surface area contributed by atoms with E-state index in [-0.39, 0.29) is 0 Å². The fourth-order valence-electron chi connectivity index (χ4n) is 13.0. The van der Waals surface area contributed by atoms with Crippen molar-refractivity contribution < 1.29 is 0 Å². The second-order valence-corrected chi connectivity index (χ2v) is 21.7. The van der Waals surface area contributed by atoms with Crippen molar-refractivity contribution in [2.24, 2.45) is 0 Å². The van der Waals surface area contributed by atoms with Gasteiger partial charge in [-0.1, -0.05) is 267 Å². The summed E-state index contributed by atoms with van der Waals surface area (Å²) in [5.41, 5.74) is 28.8. The van der Waals surface area contributed by atoms with Crippen molar-refractivity contribution in [2.45, 2.75) is 31.1 Å². The zero-order chi connectivity index (χ0) is 54.0. The topological polar surface area (TPSA) is 0 Å². The van der Waals surface area contributed by atoms with Crippen LogP contribution in [0.4, 0.5) is 0 Å². The Labute approximate surface area is 477 Å². The van der Waals surface area contributed by atoms with Crippen LogP contribution < -0.4 is 0 Å². The lowest BCUT2D eigenvalue weighted by atomic mass is 9.69. The zero-order valence-electron chi connectivity index (χ0n) is 45.4. The first-order valence-electron chi connectivity index (χ1n) is 28.7. The van der Waals surface area contributed by atoms with Crippen LogP contribution in [-0.4, -0.2) is 0 Å². The molecule has 0 amide bonds. The fraction of sp³-hybridized carbons (Fsp3) is 0.0617. The highest BCUT2D eigenvalue weighted by atomic mass is 14.5. The maximum Gasteiger partial charge on any atom is 0.0726 e. The first-order chi connectivity index (χ1) is 40.2. The third-order valence-corrected chi connectivity index (χ3v) is 16.7. The molecule has 4 aliphatic carbocycles. The highest BCUT2D eigenvalue weighted by molar-refractivity contribution is 6.01. The van der Waals surface area contributed by atoms with E-state index in [1.807, 2.05) is 0 Å². The summed E-state index contributed by atoms with van der Waals surface area (Å²) in [6.07, 6.45) is 28.0. The Morgan fingerprint density at radius 1 is 0.259 bits per heavy atom. The van der Waals surface area contributed by atoms with Crippen molar-refractivity contribution in [3.05, 3.63) is 380 Å². The van der Waals surface area contributed by atoms with Gasteiger partial charge < -0.3 is 0 Å². The van der Waals surface area contributed by atoms with Gasteiger partial charge in [-0.15, -0.1) is 0 Å². The Bertz CT molecular complexity index is 3890. The Kier molecular flexibility index (Phi) is 13.3. The predicted molar refractivity (Wildman–Crippen MR) is 344 cm³/mol. The van der Waals surface area contributed by atoms with E-state index >= 15 is 0 Å². The molecule has 0 N–H and O–H groups in total. The van der Waals surface area contributed by atoms with Gasteiger partial charge in [0.15, 0.2) is 0 Å². The summed E-state index contributed by atoms with van der Waals surface area (Å²) in [6, 6.07) is 94.5. The molecule has 0 radical (unpaired) electrons. The van der Waals surface area contributed by atoms with Crippen LogP contribution >= 0.6 is 0 Å². The summed E-state index contributed by atoms with van der Waals surface area (Å²) in [7, 11) is 0. The molecule has 10 aromatic carbocycles. The highest BCUT2D eigenvalue weighted by Crippen LogP contribution is 2.64. The molecule has 0 heterocycles. The van der Waals surface area contributed by atoms with Gasteiger partial charge in [0, 0.05) is 0 Å². The van der Waals surface area contributed by atoms with Crippen LogP contribution in [0, 0.1) is 0 Å². The van der Waals surface area contributed by atoms with Gasteiger partial charge in [0.25, 0.3) is 0 Å². The lowest BCUT2D eigenvalue weighted by Gasteiger charge is -2.31. The third kappa shape index (κ3) is 9.39. The number of hydrogen-bond donors (Lipinski definition) is 0. The quantitative estimate of drug-likeness (QED) is 0.107. The molecule has 1 unspecified atom stereocenters. The lowest BCUT2D eigenvalue weighted by molar-refractivity contribution is 0.792. The predicted octanol–water partition coefficient (Wildman–Crippen LogP) is 20.8. The molecule has 14 rings (SSSR count). The standard InChI is InChI=1S/C81H60/c1-9-25-61(26-10-1)73(62-27-11-2-12-28-62)49-57-41-45-69-70-46-42-58(50-74(63-29-13-3-14-30-63)64-31-15-4-16-32-64)54-78(70)81(77(69)53-57)79-55-59(51-75(65-33-17-5-18-34-65)66-35-19-6-20-36-66)43-47-71(79)72-48-44-60(56-80(72)81)52-76(67-37-21-7-22-38-67)68-39-23-8-24-40-68/h1-3,5-7,9-15,17-23,25-56H,4,8,16,24H2/b74-50-,76-52+. The molecule has 0 aromatic heterocycles. The first kappa shape index (κ1) is 49.4. The molecule has 384 valence electrons. The molecule has 0 bridgehead atoms. The first-order valence-corrected chi connectivity index (χ1v) is 28.7. The van der Waals surface area contributed by atoms with Gasteiger partial charge in [0.05, 0.1) is 5.41 Å². The van der Waals surface area contributed by atoms with Gasteiger partial charge in [-0.3, -0.25) is 0 Å². The van der Waals surface area contributed by atoms with Crippen LogP contribution in [0.1, 0.15) is 104 Å². The number of hydrogen-bond acceptors (Lipinski definition) is 0. The van der Waals surface area contributed by atoms with Crippen LogP contribution in [0.25, 0.3) is 68.9 Å². The molecule has 4 aliphatic rings. The smallest absolute Gasteiger partial charge is 0.0726 e. The van der Waals surface area contributed by atoms with Crippen molar-refractivity contribution in [3.8, 4) is 22.3 Å². The third-order valence-electron chi connectivity index (χ3n) is 16.7. The van der Waals surface area contributed by atoms with Crippen LogP contribution in [0.15, 0.2) is 302 Å². The summed E-state index contributed by atoms with van der Waals surface area (Å²) < 4.78 is 0. The molecule has 0 aliphatic heterocycles. The molecule has 81 heavy (non-hydrogen) atoms. The summed E-state index contributed by atoms with van der Waals surface area (Å²) in [5.74, 6) is 0. The van der Waals surface area contributed by atoms with Crippen LogP contribution in [0.2, 0.25) is 0 Å². The minimum atomic E-state index is -0.704. The second kappa shape index (κ2) is 21.7. The summed E-state index contributed by atoms with van der Waals surface area (Å²) in [4.78, 5) is 0. The second-order valence-electron chi connectivity index (χ2n) is 21.7. The molecule has 0 nitrogen and oxygen atoms in total. The van der Waals surface area contributed by atoms with Crippen molar-refractivity contribution in [3.63, 3.8) is 0 Å². The van der Waals surface area contributed by atoms with E-state index in [2.05, 4.69) is 316 Å². The van der Waals surface area contributed by atoms with Crippen LogP contribution in [0.3, 0.4) is 0 Å². The largest absolute Gasteiger partial charge is 0.0836 e. The summed E-state index contributed by atoms with van der Waals surface area (Å²) in [5, 5.41) is 0. The van der Waals surface area contributed by atoms with E-state index < -0.39 is 5.41 Å². The van der Waals surface area contributed by atoms with E-state index in [1.54, 1.807) is 0 Å². The molecule has 0 heteroatoms. The Hall–Kier alpha value is -9.88. The van der Waals surface area contributed by atoms with Gasteiger partial charge in [0.2, 0.25) is 0 Å². The molecule has 0 fully saturated rings. The van der Waals surface area contributed by atoms with E-state index in [0.29, 0.717) is 0 Å². The van der Waals surface area contributed by atoms with Gasteiger partial charge in [-0.05, 0) is 208 Å². The minimum Gasteiger partial charge on any atom is -0.0836 e. The monoisotopic (exact) mass is 1030 g/mol. The Morgan fingerprint density at radius 3 is 0.753 bits per heavy atom. The Balaban J connectivity index is 1.06. The number of fused-ring (bicyclic) bond motifs is 10. The van der Waals surface area contributed by atoms with Crippen LogP contribution in [0.5, 0.6) is 0 Å². The molecule has 1 spiro atoms. The van der Waals surface area contributed by atoms with E-state index in [1.165, 1.54) is 122 Å². The molecule has 10 aromatic rings. The lowest BCUT2D eigenvalue weighted by Crippen LogP contribution is -2.26. The molecular weight excluding hydrogens is 973 g/mol. The molecule has 0 saturated carbocycles. The van der Waals surface area contributed by atoms with E-state index in [9.17, 15) is 0 Å². The van der Waals surface area contributed by atoms with Gasteiger partial charge >= 0.3 is 0 Å². The average molecular weight is 1030 g/mol.